The van der Waals surface area contributed by atoms with E-state index in [-0.39, 0.29) is 6.42 Å². The zero-order valence-electron chi connectivity index (χ0n) is 7.40. The molecule has 0 amide bonds. The number of hydrogen-bond acceptors (Lipinski definition) is 3. The van der Waals surface area contributed by atoms with Gasteiger partial charge >= 0.3 is 5.97 Å². The van der Waals surface area contributed by atoms with Gasteiger partial charge < -0.3 is 16.6 Å². The fourth-order valence-corrected chi connectivity index (χ4v) is 1.18. The van der Waals surface area contributed by atoms with Crippen molar-refractivity contribution in [2.24, 2.45) is 5.73 Å². The van der Waals surface area contributed by atoms with Crippen LogP contribution in [-0.4, -0.2) is 17.1 Å². The third kappa shape index (κ3) is 2.61. The summed E-state index contributed by atoms with van der Waals surface area (Å²) in [4.78, 5) is 10.5. The zero-order valence-corrected chi connectivity index (χ0v) is 8.16. The molecule has 14 heavy (non-hydrogen) atoms. The molecule has 0 spiro atoms. The van der Waals surface area contributed by atoms with Crippen molar-refractivity contribution >= 4 is 23.3 Å². The molecular formula is C9H11ClN2O2. The van der Waals surface area contributed by atoms with Crippen LogP contribution in [0.3, 0.4) is 0 Å². The van der Waals surface area contributed by atoms with Crippen LogP contribution in [0.15, 0.2) is 18.2 Å². The van der Waals surface area contributed by atoms with E-state index in [4.69, 9.17) is 28.2 Å². The lowest BCUT2D eigenvalue weighted by molar-refractivity contribution is -0.138. The first-order valence-corrected chi connectivity index (χ1v) is 4.41. The van der Waals surface area contributed by atoms with Gasteiger partial charge in [-0.2, -0.15) is 0 Å². The van der Waals surface area contributed by atoms with E-state index in [1.165, 1.54) is 0 Å². The summed E-state index contributed by atoms with van der Waals surface area (Å²) >= 11 is 5.71. The summed E-state index contributed by atoms with van der Waals surface area (Å²) in [5, 5.41) is 9.04. The lowest BCUT2D eigenvalue weighted by atomic mass is 10.1. The number of nitrogen functional groups attached to an aromatic ring is 1. The minimum absolute atomic E-state index is 0.247. The van der Waals surface area contributed by atoms with Gasteiger partial charge in [0.15, 0.2) is 0 Å². The molecule has 0 aromatic heterocycles. The van der Waals surface area contributed by atoms with Crippen molar-refractivity contribution in [3.05, 3.63) is 28.8 Å². The number of carboxylic acid groups (broad SMARTS) is 1. The van der Waals surface area contributed by atoms with Crippen molar-refractivity contribution in [2.75, 3.05) is 5.73 Å². The van der Waals surface area contributed by atoms with Crippen molar-refractivity contribution in [1.82, 2.24) is 0 Å². The van der Waals surface area contributed by atoms with Gasteiger partial charge in [-0.3, -0.25) is 4.79 Å². The summed E-state index contributed by atoms with van der Waals surface area (Å²) in [5.41, 5.74) is 12.1. The smallest absolute Gasteiger partial charge is 0.320 e. The Morgan fingerprint density at radius 1 is 1.57 bits per heavy atom. The van der Waals surface area contributed by atoms with Gasteiger partial charge in [0.25, 0.3) is 0 Å². The molecule has 1 atom stereocenters. The summed E-state index contributed by atoms with van der Waals surface area (Å²) in [6.45, 7) is 0. The predicted octanol–water partition coefficient (Wildman–Crippen LogP) is 0.877. The molecule has 0 aliphatic heterocycles. The Kier molecular flexibility index (Phi) is 3.33. The second-order valence-corrected chi connectivity index (χ2v) is 3.41. The van der Waals surface area contributed by atoms with E-state index in [1.807, 2.05) is 0 Å². The molecule has 5 heteroatoms. The molecular weight excluding hydrogens is 204 g/mol. The molecule has 0 saturated carbocycles. The first-order valence-electron chi connectivity index (χ1n) is 4.03. The van der Waals surface area contributed by atoms with E-state index in [9.17, 15) is 4.79 Å². The summed E-state index contributed by atoms with van der Waals surface area (Å²) in [6.07, 6.45) is 0.247. The molecule has 5 N–H and O–H groups in total. The molecule has 0 bridgehead atoms. The average molecular weight is 215 g/mol. The Bertz CT molecular complexity index is 355. The van der Waals surface area contributed by atoms with Crippen LogP contribution in [0.4, 0.5) is 5.69 Å². The van der Waals surface area contributed by atoms with E-state index in [0.29, 0.717) is 10.7 Å². The highest BCUT2D eigenvalue weighted by molar-refractivity contribution is 6.33. The monoisotopic (exact) mass is 214 g/mol. The number of anilines is 1. The Morgan fingerprint density at radius 3 is 2.71 bits per heavy atom. The van der Waals surface area contributed by atoms with E-state index in [2.05, 4.69) is 0 Å². The van der Waals surface area contributed by atoms with Crippen LogP contribution in [0.1, 0.15) is 5.56 Å². The van der Waals surface area contributed by atoms with Crippen molar-refractivity contribution in [3.8, 4) is 0 Å². The zero-order chi connectivity index (χ0) is 10.7. The van der Waals surface area contributed by atoms with Crippen LogP contribution >= 0.6 is 11.6 Å². The lowest BCUT2D eigenvalue weighted by Crippen LogP contribution is -2.32. The van der Waals surface area contributed by atoms with Gasteiger partial charge in [-0.25, -0.2) is 0 Å². The summed E-state index contributed by atoms with van der Waals surface area (Å²) in [5.74, 6) is -1.03. The second kappa shape index (κ2) is 4.30. The highest BCUT2D eigenvalue weighted by atomic mass is 35.5. The number of nitrogens with two attached hydrogens (primary N) is 2. The standard InChI is InChI=1S/C9H11ClN2O2/c10-6-2-1-5(3-7(6)11)4-8(12)9(13)14/h1-3,8H,4,11-12H2,(H,13,14)/t8-/m1/s1. The van der Waals surface area contributed by atoms with Crippen LogP contribution < -0.4 is 11.5 Å². The number of benzene rings is 1. The van der Waals surface area contributed by atoms with E-state index >= 15 is 0 Å². The first-order chi connectivity index (χ1) is 6.50. The molecule has 0 aliphatic carbocycles. The van der Waals surface area contributed by atoms with Gasteiger partial charge in [0.1, 0.15) is 6.04 Å². The molecule has 4 nitrogen and oxygen atoms in total. The van der Waals surface area contributed by atoms with E-state index < -0.39 is 12.0 Å². The van der Waals surface area contributed by atoms with Crippen molar-refractivity contribution in [3.63, 3.8) is 0 Å². The number of rotatable bonds is 3. The number of halogens is 1. The van der Waals surface area contributed by atoms with Crippen LogP contribution in [0.5, 0.6) is 0 Å². The van der Waals surface area contributed by atoms with Gasteiger partial charge in [-0.15, -0.1) is 0 Å². The van der Waals surface area contributed by atoms with E-state index in [1.54, 1.807) is 18.2 Å². The lowest BCUT2D eigenvalue weighted by Gasteiger charge is -2.07. The maximum Gasteiger partial charge on any atom is 0.320 e. The SMILES string of the molecule is Nc1cc(C[C@@H](N)C(=O)O)ccc1Cl. The molecule has 1 rings (SSSR count). The molecule has 0 fully saturated rings. The average Bonchev–Trinajstić information content (AvgIpc) is 2.11. The number of hydrogen-bond donors (Lipinski definition) is 3. The fourth-order valence-electron chi connectivity index (χ4n) is 1.06. The molecule has 0 radical (unpaired) electrons. The number of carboxylic acids is 1. The normalized spacial score (nSPS) is 12.4. The third-order valence-electron chi connectivity index (χ3n) is 1.83. The van der Waals surface area contributed by atoms with Crippen LogP contribution in [0.2, 0.25) is 5.02 Å². The van der Waals surface area contributed by atoms with Crippen molar-refractivity contribution < 1.29 is 9.90 Å². The Hall–Kier alpha value is -1.26. The topological polar surface area (TPSA) is 89.3 Å². The third-order valence-corrected chi connectivity index (χ3v) is 2.18. The molecule has 0 saturated heterocycles. The number of aliphatic carboxylic acids is 1. The maximum atomic E-state index is 10.5. The summed E-state index contributed by atoms with van der Waals surface area (Å²) in [7, 11) is 0. The largest absolute Gasteiger partial charge is 0.480 e. The highest BCUT2D eigenvalue weighted by Gasteiger charge is 2.12. The Balaban J connectivity index is 2.78. The number of carbonyl (C=O) groups is 1. The quantitative estimate of drug-likeness (QED) is 0.652. The van der Waals surface area contributed by atoms with Gasteiger partial charge in [0, 0.05) is 0 Å². The van der Waals surface area contributed by atoms with Crippen LogP contribution in [-0.2, 0) is 11.2 Å². The van der Waals surface area contributed by atoms with Gasteiger partial charge in [-0.05, 0) is 24.1 Å². The Labute approximate surface area is 86.5 Å². The molecule has 0 unspecified atom stereocenters. The minimum Gasteiger partial charge on any atom is -0.480 e. The molecule has 76 valence electrons. The first kappa shape index (κ1) is 10.8. The van der Waals surface area contributed by atoms with Crippen LogP contribution in [0, 0.1) is 0 Å². The maximum absolute atomic E-state index is 10.5. The highest BCUT2D eigenvalue weighted by Crippen LogP contribution is 2.19. The molecule has 1 aromatic carbocycles. The van der Waals surface area contributed by atoms with Gasteiger partial charge in [-0.1, -0.05) is 17.7 Å². The van der Waals surface area contributed by atoms with E-state index in [0.717, 1.165) is 5.56 Å². The molecule has 0 heterocycles. The van der Waals surface area contributed by atoms with Crippen molar-refractivity contribution in [1.29, 1.82) is 0 Å². The summed E-state index contributed by atoms with van der Waals surface area (Å²) < 4.78 is 0. The molecule has 1 aromatic rings. The molecule has 0 aliphatic rings. The fraction of sp³-hybridized carbons (Fsp3) is 0.222. The van der Waals surface area contributed by atoms with Gasteiger partial charge in [0.2, 0.25) is 0 Å². The van der Waals surface area contributed by atoms with Gasteiger partial charge in [0.05, 0.1) is 10.7 Å². The minimum atomic E-state index is -1.03. The second-order valence-electron chi connectivity index (χ2n) is 3.00. The predicted molar refractivity (Wildman–Crippen MR) is 55.2 cm³/mol. The van der Waals surface area contributed by atoms with Crippen molar-refractivity contribution in [2.45, 2.75) is 12.5 Å². The summed E-state index contributed by atoms with van der Waals surface area (Å²) in [6, 6.07) is 4.06. The van der Waals surface area contributed by atoms with Crippen LogP contribution in [0.25, 0.3) is 0 Å². The Morgan fingerprint density at radius 2 is 2.21 bits per heavy atom.